The monoisotopic (exact) mass is 310 g/mol. The van der Waals surface area contributed by atoms with Gasteiger partial charge >= 0.3 is 5.97 Å². The molecule has 94 valence electrons. The maximum atomic E-state index is 12.1. The normalized spacial score (nSPS) is 12.3. The molecule has 1 aromatic carbocycles. The number of nitrogens with zero attached hydrogens (tertiary/aromatic N) is 2. The Morgan fingerprint density at radius 2 is 2.22 bits per heavy atom. The fourth-order valence-corrected chi connectivity index (χ4v) is 2.11. The summed E-state index contributed by atoms with van der Waals surface area (Å²) in [6, 6.07) is 7.08. The summed E-state index contributed by atoms with van der Waals surface area (Å²) < 4.78 is 5.98. The first-order valence-corrected chi connectivity index (χ1v) is 6.21. The van der Waals surface area contributed by atoms with Crippen molar-refractivity contribution in [3.05, 3.63) is 40.9 Å². The summed E-state index contributed by atoms with van der Waals surface area (Å²) in [5.41, 5.74) is 0.469. The summed E-state index contributed by atoms with van der Waals surface area (Å²) in [5.74, 6) is -0.421. The number of aromatic nitrogens is 2. The summed E-state index contributed by atoms with van der Waals surface area (Å²) in [6.07, 6.45) is 1.43. The van der Waals surface area contributed by atoms with Gasteiger partial charge in [0.1, 0.15) is 4.83 Å². The predicted octanol–water partition coefficient (Wildman–Crippen LogP) is 1.33. The van der Waals surface area contributed by atoms with Crippen LogP contribution in [0.4, 0.5) is 0 Å². The Hall–Kier alpha value is -1.69. The third-order valence-electron chi connectivity index (χ3n) is 2.55. The van der Waals surface area contributed by atoms with E-state index < -0.39 is 10.8 Å². The van der Waals surface area contributed by atoms with E-state index in [1.165, 1.54) is 18.0 Å². The third-order valence-corrected chi connectivity index (χ3v) is 3.21. The molecule has 0 aliphatic carbocycles. The Morgan fingerprint density at radius 3 is 2.94 bits per heavy atom. The fourth-order valence-electron chi connectivity index (χ4n) is 1.61. The average molecular weight is 311 g/mol. The molecular formula is C12H11BrN2O3. The molecular weight excluding hydrogens is 300 g/mol. The minimum atomic E-state index is -0.567. The number of fused-ring (bicyclic) bond motifs is 1. The number of hydrogen-bond donors (Lipinski definition) is 0. The number of carbonyl (C=O) groups is 1. The van der Waals surface area contributed by atoms with Crippen molar-refractivity contribution in [1.29, 1.82) is 0 Å². The lowest BCUT2D eigenvalue weighted by atomic mass is 10.2. The van der Waals surface area contributed by atoms with E-state index in [0.29, 0.717) is 10.9 Å². The van der Waals surface area contributed by atoms with Crippen LogP contribution in [0.2, 0.25) is 0 Å². The molecule has 5 nitrogen and oxygen atoms in total. The predicted molar refractivity (Wildman–Crippen MR) is 70.7 cm³/mol. The van der Waals surface area contributed by atoms with Gasteiger partial charge in [-0.15, -0.1) is 0 Å². The van der Waals surface area contributed by atoms with Crippen LogP contribution in [0.1, 0.15) is 0 Å². The van der Waals surface area contributed by atoms with E-state index in [9.17, 15) is 9.59 Å². The maximum absolute atomic E-state index is 12.1. The van der Waals surface area contributed by atoms with Gasteiger partial charge in [-0.3, -0.25) is 14.2 Å². The molecule has 0 radical (unpaired) electrons. The van der Waals surface area contributed by atoms with E-state index in [4.69, 9.17) is 0 Å². The van der Waals surface area contributed by atoms with Gasteiger partial charge in [0, 0.05) is 0 Å². The number of hydrogen-bond acceptors (Lipinski definition) is 4. The summed E-state index contributed by atoms with van der Waals surface area (Å²) in [5, 5.41) is 0.532. The van der Waals surface area contributed by atoms with Crippen LogP contribution in [-0.2, 0) is 16.1 Å². The van der Waals surface area contributed by atoms with E-state index in [1.807, 2.05) is 6.07 Å². The van der Waals surface area contributed by atoms with Gasteiger partial charge in [0.2, 0.25) is 0 Å². The van der Waals surface area contributed by atoms with Gasteiger partial charge in [0.05, 0.1) is 30.9 Å². The molecule has 0 spiro atoms. The van der Waals surface area contributed by atoms with Crippen molar-refractivity contribution in [3.63, 3.8) is 0 Å². The highest BCUT2D eigenvalue weighted by Gasteiger charge is 2.16. The average Bonchev–Trinajstić information content (AvgIpc) is 2.41. The standard InChI is InChI=1S/C12H11BrN2O3/c1-18-12(17)9(13)6-15-7-14-10-5-3-2-4-8(10)11(15)16/h2-5,7,9H,6H2,1H3. The van der Waals surface area contributed by atoms with Crippen molar-refractivity contribution >= 4 is 32.8 Å². The van der Waals surface area contributed by atoms with E-state index >= 15 is 0 Å². The van der Waals surface area contributed by atoms with E-state index in [2.05, 4.69) is 25.7 Å². The minimum absolute atomic E-state index is 0.172. The molecule has 2 rings (SSSR count). The molecule has 1 atom stereocenters. The molecule has 1 heterocycles. The Morgan fingerprint density at radius 1 is 1.50 bits per heavy atom. The first-order valence-electron chi connectivity index (χ1n) is 5.29. The molecule has 0 aliphatic rings. The largest absolute Gasteiger partial charge is 0.468 e. The van der Waals surface area contributed by atoms with Crippen molar-refractivity contribution in [2.45, 2.75) is 11.4 Å². The zero-order valence-electron chi connectivity index (χ0n) is 9.67. The maximum Gasteiger partial charge on any atom is 0.321 e. The van der Waals surface area contributed by atoms with Crippen LogP contribution in [-0.4, -0.2) is 27.5 Å². The molecule has 2 aromatic rings. The molecule has 0 bridgehead atoms. The first-order chi connectivity index (χ1) is 8.63. The number of rotatable bonds is 3. The Bertz CT molecular complexity index is 639. The number of esters is 1. The molecule has 0 saturated carbocycles. The number of halogens is 1. The highest BCUT2D eigenvalue weighted by molar-refractivity contribution is 9.10. The molecule has 0 fully saturated rings. The second-order valence-electron chi connectivity index (χ2n) is 3.71. The summed E-state index contributed by atoms with van der Waals surface area (Å²) in [7, 11) is 1.30. The van der Waals surface area contributed by atoms with E-state index in [-0.39, 0.29) is 12.1 Å². The Kier molecular flexibility index (Phi) is 3.76. The van der Waals surface area contributed by atoms with Gasteiger partial charge in [-0.2, -0.15) is 0 Å². The van der Waals surface area contributed by atoms with Gasteiger partial charge in [-0.1, -0.05) is 28.1 Å². The minimum Gasteiger partial charge on any atom is -0.468 e. The van der Waals surface area contributed by atoms with Crippen molar-refractivity contribution in [2.75, 3.05) is 7.11 Å². The lowest BCUT2D eigenvalue weighted by molar-refractivity contribution is -0.140. The first kappa shape index (κ1) is 12.8. The summed E-state index contributed by atoms with van der Waals surface area (Å²) in [4.78, 5) is 27.0. The second kappa shape index (κ2) is 5.30. The third kappa shape index (κ3) is 2.43. The number of carbonyl (C=O) groups excluding carboxylic acids is 1. The zero-order chi connectivity index (χ0) is 13.1. The van der Waals surface area contributed by atoms with Crippen LogP contribution in [0.25, 0.3) is 10.9 Å². The van der Waals surface area contributed by atoms with Crippen molar-refractivity contribution < 1.29 is 9.53 Å². The Labute approximate surface area is 112 Å². The molecule has 1 aromatic heterocycles. The van der Waals surface area contributed by atoms with Gasteiger partial charge < -0.3 is 4.74 Å². The molecule has 1 unspecified atom stereocenters. The lowest BCUT2D eigenvalue weighted by Gasteiger charge is -2.10. The summed E-state index contributed by atoms with van der Waals surface area (Å²) >= 11 is 3.18. The number of para-hydroxylation sites is 1. The van der Waals surface area contributed by atoms with Crippen LogP contribution in [0, 0.1) is 0 Å². The molecule has 0 N–H and O–H groups in total. The quantitative estimate of drug-likeness (QED) is 0.634. The molecule has 0 amide bonds. The SMILES string of the molecule is COC(=O)C(Br)Cn1cnc2ccccc2c1=O. The molecule has 6 heteroatoms. The lowest BCUT2D eigenvalue weighted by Crippen LogP contribution is -2.29. The van der Waals surface area contributed by atoms with Crippen molar-refractivity contribution in [2.24, 2.45) is 0 Å². The molecule has 18 heavy (non-hydrogen) atoms. The highest BCUT2D eigenvalue weighted by atomic mass is 79.9. The topological polar surface area (TPSA) is 61.2 Å². The fraction of sp³-hybridized carbons (Fsp3) is 0.250. The van der Waals surface area contributed by atoms with Crippen molar-refractivity contribution in [3.8, 4) is 0 Å². The van der Waals surface area contributed by atoms with Crippen molar-refractivity contribution in [1.82, 2.24) is 9.55 Å². The molecule has 0 aliphatic heterocycles. The van der Waals surface area contributed by atoms with Crippen LogP contribution in [0.3, 0.4) is 0 Å². The van der Waals surface area contributed by atoms with Gasteiger partial charge in [-0.25, -0.2) is 4.98 Å². The van der Waals surface area contributed by atoms with Crippen LogP contribution in [0.5, 0.6) is 0 Å². The Balaban J connectivity index is 2.38. The smallest absolute Gasteiger partial charge is 0.321 e. The van der Waals surface area contributed by atoms with E-state index in [0.717, 1.165) is 0 Å². The number of ether oxygens (including phenoxy) is 1. The second-order valence-corrected chi connectivity index (χ2v) is 4.82. The van der Waals surface area contributed by atoms with Gasteiger partial charge in [0.15, 0.2) is 0 Å². The van der Waals surface area contributed by atoms with Crippen LogP contribution < -0.4 is 5.56 Å². The highest BCUT2D eigenvalue weighted by Crippen LogP contribution is 2.07. The molecule has 0 saturated heterocycles. The number of alkyl halides is 1. The number of methoxy groups -OCH3 is 1. The van der Waals surface area contributed by atoms with Gasteiger partial charge in [-0.05, 0) is 12.1 Å². The van der Waals surface area contributed by atoms with Gasteiger partial charge in [0.25, 0.3) is 5.56 Å². The summed E-state index contributed by atoms with van der Waals surface area (Å²) in [6.45, 7) is 0.184. The van der Waals surface area contributed by atoms with E-state index in [1.54, 1.807) is 18.2 Å². The number of benzene rings is 1. The van der Waals surface area contributed by atoms with Crippen LogP contribution >= 0.6 is 15.9 Å². The zero-order valence-corrected chi connectivity index (χ0v) is 11.3. The van der Waals surface area contributed by atoms with Crippen LogP contribution in [0.15, 0.2) is 35.4 Å².